The molecule has 3 rings (SSSR count). The van der Waals surface area contributed by atoms with Crippen molar-refractivity contribution in [3.63, 3.8) is 0 Å². The van der Waals surface area contributed by atoms with E-state index in [1.807, 2.05) is 6.92 Å². The van der Waals surface area contributed by atoms with E-state index in [2.05, 4.69) is 0 Å². The highest BCUT2D eigenvalue weighted by molar-refractivity contribution is 7.89. The van der Waals surface area contributed by atoms with Crippen LogP contribution in [-0.4, -0.2) is 54.3 Å². The number of aryl methyl sites for hydroxylation is 1. The van der Waals surface area contributed by atoms with Crippen molar-refractivity contribution in [2.45, 2.75) is 29.7 Å². The molecule has 1 heterocycles. The van der Waals surface area contributed by atoms with Crippen molar-refractivity contribution in [2.24, 2.45) is 0 Å². The Bertz CT molecular complexity index is 1110. The van der Waals surface area contributed by atoms with E-state index in [1.54, 1.807) is 24.3 Å². The largest absolute Gasteiger partial charge is 0.486 e. The van der Waals surface area contributed by atoms with E-state index in [9.17, 15) is 37.1 Å². The average Bonchev–Trinajstić information content (AvgIpc) is 3.06. The summed E-state index contributed by atoms with van der Waals surface area (Å²) in [6.45, 7) is 0.107. The van der Waals surface area contributed by atoms with E-state index in [1.165, 1.54) is 6.07 Å². The monoisotopic (exact) mass is 456 g/mol. The Morgan fingerprint density at radius 2 is 1.90 bits per heavy atom. The van der Waals surface area contributed by atoms with Gasteiger partial charge in [-0.3, -0.25) is 0 Å². The number of nitrogens with zero attached hydrogens (tertiary/aromatic N) is 2. The molecule has 166 valence electrons. The molecule has 2 atom stereocenters. The topological polar surface area (TPSA) is 111 Å². The van der Waals surface area contributed by atoms with Crippen LogP contribution in [0.25, 0.3) is 0 Å². The van der Waals surface area contributed by atoms with Crippen LogP contribution in [0.1, 0.15) is 16.7 Å². The Kier molecular flexibility index (Phi) is 6.03. The molecule has 0 aliphatic carbocycles. The first-order chi connectivity index (χ1) is 14.4. The molecular weight excluding hydrogens is 437 g/mol. The molecule has 0 amide bonds. The Balaban J connectivity index is 1.93. The minimum atomic E-state index is -4.74. The van der Waals surface area contributed by atoms with E-state index in [4.69, 9.17) is 4.74 Å². The predicted octanol–water partition coefficient (Wildman–Crippen LogP) is 2.06. The summed E-state index contributed by atoms with van der Waals surface area (Å²) in [7, 11) is -4.46. The van der Waals surface area contributed by atoms with Gasteiger partial charge in [0.25, 0.3) is 0 Å². The highest BCUT2D eigenvalue weighted by Gasteiger charge is 2.51. The quantitative estimate of drug-likeness (QED) is 0.713. The zero-order valence-corrected chi connectivity index (χ0v) is 17.1. The number of halogens is 3. The molecule has 1 saturated heterocycles. The third kappa shape index (κ3) is 4.52. The fourth-order valence-corrected chi connectivity index (χ4v) is 4.87. The molecule has 0 aromatic heterocycles. The molecule has 0 radical (unpaired) electrons. The summed E-state index contributed by atoms with van der Waals surface area (Å²) in [6.07, 6.45) is -5.89. The summed E-state index contributed by atoms with van der Waals surface area (Å²) in [5.74, 6) is 0.342. The Morgan fingerprint density at radius 1 is 1.26 bits per heavy atom. The van der Waals surface area contributed by atoms with Crippen molar-refractivity contribution < 1.29 is 36.5 Å². The molecule has 7 nitrogen and oxygen atoms in total. The predicted molar refractivity (Wildman–Crippen MR) is 103 cm³/mol. The molecule has 0 unspecified atom stereocenters. The van der Waals surface area contributed by atoms with Gasteiger partial charge in [0.05, 0.1) is 29.2 Å². The van der Waals surface area contributed by atoms with Gasteiger partial charge >= 0.3 is 6.18 Å². The SMILES string of the molecule is Cc1ccc(O[C@H]2CN(S(=O)(=O)c3ccc(C(F)(F)F)cc3C#N)C[C@@]2(O)CO)cc1. The zero-order chi connectivity index (χ0) is 23.0. The van der Waals surface area contributed by atoms with Gasteiger partial charge in [0, 0.05) is 6.54 Å². The van der Waals surface area contributed by atoms with Gasteiger partial charge in [-0.25, -0.2) is 8.42 Å². The number of hydrogen-bond acceptors (Lipinski definition) is 6. The number of hydrogen-bond donors (Lipinski definition) is 2. The lowest BCUT2D eigenvalue weighted by Crippen LogP contribution is -2.48. The van der Waals surface area contributed by atoms with Crippen LogP contribution in [0, 0.1) is 18.3 Å². The van der Waals surface area contributed by atoms with Crippen LogP contribution in [0.3, 0.4) is 0 Å². The molecule has 0 bridgehead atoms. The number of nitriles is 1. The maximum atomic E-state index is 13.1. The maximum Gasteiger partial charge on any atom is 0.416 e. The fraction of sp³-hybridized carbons (Fsp3) is 0.350. The first-order valence-corrected chi connectivity index (χ1v) is 10.5. The normalized spacial score (nSPS) is 22.3. The summed E-state index contributed by atoms with van der Waals surface area (Å²) in [5.41, 5.74) is -2.83. The first kappa shape index (κ1) is 23.0. The zero-order valence-electron chi connectivity index (χ0n) is 16.3. The highest BCUT2D eigenvalue weighted by atomic mass is 32.2. The molecule has 11 heteroatoms. The minimum Gasteiger partial charge on any atom is -0.486 e. The number of β-amino-alcohol motifs (C(OH)–C–C–N with tert-alkyl or cyclic N) is 1. The van der Waals surface area contributed by atoms with Crippen LogP contribution in [0.15, 0.2) is 47.4 Å². The molecule has 2 aromatic rings. The minimum absolute atomic E-state index is 0.342. The molecule has 0 saturated carbocycles. The van der Waals surface area contributed by atoms with E-state index in [-0.39, 0.29) is 6.54 Å². The molecule has 1 aliphatic rings. The van der Waals surface area contributed by atoms with Gasteiger partial charge < -0.3 is 14.9 Å². The van der Waals surface area contributed by atoms with E-state index < -0.39 is 57.1 Å². The van der Waals surface area contributed by atoms with E-state index in [0.717, 1.165) is 9.87 Å². The van der Waals surface area contributed by atoms with Crippen molar-refractivity contribution in [2.75, 3.05) is 19.7 Å². The number of aliphatic hydroxyl groups excluding tert-OH is 1. The van der Waals surface area contributed by atoms with E-state index >= 15 is 0 Å². The molecule has 1 fully saturated rings. The van der Waals surface area contributed by atoms with Crippen molar-refractivity contribution in [3.05, 3.63) is 59.2 Å². The van der Waals surface area contributed by atoms with Crippen LogP contribution in [0.2, 0.25) is 0 Å². The van der Waals surface area contributed by atoms with Gasteiger partial charge in [0.1, 0.15) is 23.5 Å². The number of sulfonamides is 1. The number of alkyl halides is 3. The van der Waals surface area contributed by atoms with Gasteiger partial charge in [-0.15, -0.1) is 0 Å². The fourth-order valence-electron chi connectivity index (χ4n) is 3.25. The Labute approximate surface area is 177 Å². The third-order valence-electron chi connectivity index (χ3n) is 5.04. The second kappa shape index (κ2) is 8.12. The summed E-state index contributed by atoms with van der Waals surface area (Å²) >= 11 is 0. The Morgan fingerprint density at radius 3 is 2.45 bits per heavy atom. The lowest BCUT2D eigenvalue weighted by molar-refractivity contribution is -0.137. The molecule has 0 spiro atoms. The maximum absolute atomic E-state index is 13.1. The third-order valence-corrected chi connectivity index (χ3v) is 6.91. The van der Waals surface area contributed by atoms with Gasteiger partial charge in [0.2, 0.25) is 10.0 Å². The van der Waals surface area contributed by atoms with Crippen LogP contribution in [-0.2, 0) is 16.2 Å². The van der Waals surface area contributed by atoms with Gasteiger partial charge in [-0.1, -0.05) is 17.7 Å². The second-order valence-electron chi connectivity index (χ2n) is 7.30. The summed E-state index contributed by atoms with van der Waals surface area (Å²) in [4.78, 5) is -0.626. The molecule has 2 N–H and O–H groups in total. The Hall–Kier alpha value is -2.65. The smallest absolute Gasteiger partial charge is 0.416 e. The summed E-state index contributed by atoms with van der Waals surface area (Å²) < 4.78 is 71.4. The molecule has 1 aliphatic heterocycles. The summed E-state index contributed by atoms with van der Waals surface area (Å²) in [6, 6.07) is 9.96. The number of ether oxygens (including phenoxy) is 1. The molecule has 31 heavy (non-hydrogen) atoms. The summed E-state index contributed by atoms with van der Waals surface area (Å²) in [5, 5.41) is 29.6. The van der Waals surface area contributed by atoms with Crippen molar-refractivity contribution in [1.29, 1.82) is 5.26 Å². The average molecular weight is 456 g/mol. The second-order valence-corrected chi connectivity index (χ2v) is 9.21. The van der Waals surface area contributed by atoms with Crippen LogP contribution in [0.4, 0.5) is 13.2 Å². The van der Waals surface area contributed by atoms with Gasteiger partial charge in [-0.2, -0.15) is 22.7 Å². The first-order valence-electron chi connectivity index (χ1n) is 9.09. The van der Waals surface area contributed by atoms with Crippen molar-refractivity contribution in [3.8, 4) is 11.8 Å². The number of rotatable bonds is 5. The van der Waals surface area contributed by atoms with Crippen LogP contribution in [0.5, 0.6) is 5.75 Å². The molecular formula is C20H19F3N2O5S. The van der Waals surface area contributed by atoms with Gasteiger partial charge in [0.15, 0.2) is 0 Å². The van der Waals surface area contributed by atoms with Crippen LogP contribution >= 0.6 is 0 Å². The van der Waals surface area contributed by atoms with Gasteiger partial charge in [-0.05, 0) is 37.3 Å². The lowest BCUT2D eigenvalue weighted by atomic mass is 10.0. The van der Waals surface area contributed by atoms with Crippen molar-refractivity contribution in [1.82, 2.24) is 4.31 Å². The van der Waals surface area contributed by atoms with Crippen molar-refractivity contribution >= 4 is 10.0 Å². The van der Waals surface area contributed by atoms with E-state index in [0.29, 0.717) is 23.9 Å². The molecule has 2 aromatic carbocycles. The standard InChI is InChI=1S/C20H19F3N2O5S/c1-13-2-5-16(6-3-13)30-18-10-25(11-19(18,27)12-26)31(28,29)17-7-4-15(20(21,22)23)8-14(17)9-24/h2-8,18,26-27H,10-12H2,1H3/t18-,19+/m0/s1. The van der Waals surface area contributed by atoms with Crippen LogP contribution < -0.4 is 4.74 Å². The highest BCUT2D eigenvalue weighted by Crippen LogP contribution is 2.35. The number of benzene rings is 2. The number of aliphatic hydroxyl groups is 2. The lowest BCUT2D eigenvalue weighted by Gasteiger charge is -2.27.